The molecule has 0 fully saturated rings. The lowest BCUT2D eigenvalue weighted by Gasteiger charge is -2.23. The number of halogens is 3. The molecule has 132 valence electrons. The van der Waals surface area contributed by atoms with Gasteiger partial charge in [-0.05, 0) is 37.3 Å². The maximum atomic E-state index is 13.7. The number of rotatable bonds is 3. The minimum Gasteiger partial charge on any atom is -0.479 e. The monoisotopic (exact) mass is 372 g/mol. The number of hydrogen-bond donors (Lipinski definition) is 2. The first-order valence-corrected chi connectivity index (χ1v) is 8.45. The van der Waals surface area contributed by atoms with E-state index in [-0.39, 0.29) is 11.4 Å². The molecule has 3 rings (SSSR count). The molecule has 25 heavy (non-hydrogen) atoms. The van der Waals surface area contributed by atoms with Crippen molar-refractivity contribution in [2.45, 2.75) is 17.9 Å². The van der Waals surface area contributed by atoms with Crippen LogP contribution in [0, 0.1) is 17.5 Å². The lowest BCUT2D eigenvalue weighted by Crippen LogP contribution is -2.34. The molecular formula is C15H11F3N2O4S. The Bertz CT molecular complexity index is 979. The summed E-state index contributed by atoms with van der Waals surface area (Å²) in [6.45, 7) is 1.54. The average Bonchev–Trinajstić information content (AvgIpc) is 2.53. The Balaban J connectivity index is 1.94. The number of carbonyl (C=O) groups is 1. The van der Waals surface area contributed by atoms with E-state index in [0.717, 1.165) is 0 Å². The Labute approximate surface area is 140 Å². The maximum absolute atomic E-state index is 13.7. The Hall–Kier alpha value is -2.75. The summed E-state index contributed by atoms with van der Waals surface area (Å²) < 4.78 is 71.7. The number of anilines is 2. The van der Waals surface area contributed by atoms with Gasteiger partial charge in [-0.2, -0.15) is 0 Å². The van der Waals surface area contributed by atoms with Gasteiger partial charge in [0.2, 0.25) is 0 Å². The number of sulfonamides is 1. The van der Waals surface area contributed by atoms with Crippen molar-refractivity contribution in [3.05, 3.63) is 47.8 Å². The fourth-order valence-electron chi connectivity index (χ4n) is 2.20. The summed E-state index contributed by atoms with van der Waals surface area (Å²) in [6.07, 6.45) is -0.702. The normalized spacial score (nSPS) is 16.6. The van der Waals surface area contributed by atoms with Crippen molar-refractivity contribution in [2.24, 2.45) is 0 Å². The second-order valence-corrected chi connectivity index (χ2v) is 6.89. The average molecular weight is 372 g/mol. The summed E-state index contributed by atoms with van der Waals surface area (Å²) in [6, 6.07) is 5.11. The van der Waals surface area contributed by atoms with E-state index in [1.54, 1.807) is 6.92 Å². The number of benzene rings is 2. The van der Waals surface area contributed by atoms with Crippen molar-refractivity contribution >= 4 is 27.3 Å². The van der Waals surface area contributed by atoms with Crippen LogP contribution >= 0.6 is 0 Å². The van der Waals surface area contributed by atoms with Crippen molar-refractivity contribution in [1.82, 2.24) is 0 Å². The molecule has 0 radical (unpaired) electrons. The molecule has 1 amide bonds. The highest BCUT2D eigenvalue weighted by Crippen LogP contribution is 2.33. The number of ether oxygens (including phenoxy) is 1. The molecule has 1 aliphatic heterocycles. The quantitative estimate of drug-likeness (QED) is 0.812. The number of hydrogen-bond acceptors (Lipinski definition) is 4. The lowest BCUT2D eigenvalue weighted by atomic mass is 10.2. The SMILES string of the molecule is C[C@H]1Oc2ccc(NS(=O)(=O)c3ccc(F)c(F)c3F)cc2NC1=O. The van der Waals surface area contributed by atoms with Gasteiger partial charge in [-0.1, -0.05) is 0 Å². The third kappa shape index (κ3) is 3.12. The fraction of sp³-hybridized carbons (Fsp3) is 0.133. The Morgan fingerprint density at radius 3 is 2.56 bits per heavy atom. The zero-order valence-electron chi connectivity index (χ0n) is 12.6. The van der Waals surface area contributed by atoms with Gasteiger partial charge >= 0.3 is 0 Å². The summed E-state index contributed by atoms with van der Waals surface area (Å²) in [5.41, 5.74) is 0.190. The highest BCUT2D eigenvalue weighted by atomic mass is 32.2. The molecule has 0 aromatic heterocycles. The van der Waals surface area contributed by atoms with Gasteiger partial charge in [0.05, 0.1) is 11.4 Å². The molecule has 1 aliphatic rings. The largest absolute Gasteiger partial charge is 0.479 e. The molecule has 0 saturated heterocycles. The van der Waals surface area contributed by atoms with Gasteiger partial charge in [0.1, 0.15) is 10.6 Å². The molecule has 0 saturated carbocycles. The van der Waals surface area contributed by atoms with Crippen LogP contribution in [0.1, 0.15) is 6.92 Å². The predicted octanol–water partition coefficient (Wildman–Crippen LogP) is 2.62. The van der Waals surface area contributed by atoms with E-state index < -0.39 is 44.4 Å². The molecule has 2 N–H and O–H groups in total. The summed E-state index contributed by atoms with van der Waals surface area (Å²) in [5.74, 6) is -5.30. The molecule has 0 bridgehead atoms. The van der Waals surface area contributed by atoms with Gasteiger partial charge in [0, 0.05) is 0 Å². The summed E-state index contributed by atoms with van der Waals surface area (Å²) >= 11 is 0. The van der Waals surface area contributed by atoms with Crippen LogP contribution in [0.3, 0.4) is 0 Å². The van der Waals surface area contributed by atoms with Crippen LogP contribution in [-0.4, -0.2) is 20.4 Å². The first-order valence-electron chi connectivity index (χ1n) is 6.97. The first-order chi connectivity index (χ1) is 11.7. The molecule has 1 heterocycles. The number of nitrogens with one attached hydrogen (secondary N) is 2. The summed E-state index contributed by atoms with van der Waals surface area (Å²) in [4.78, 5) is 10.5. The van der Waals surface area contributed by atoms with E-state index in [2.05, 4.69) is 5.32 Å². The maximum Gasteiger partial charge on any atom is 0.265 e. The van der Waals surface area contributed by atoms with Crippen molar-refractivity contribution in [2.75, 3.05) is 10.0 Å². The smallest absolute Gasteiger partial charge is 0.265 e. The minimum atomic E-state index is -4.52. The van der Waals surface area contributed by atoms with Crippen molar-refractivity contribution in [3.8, 4) is 5.75 Å². The molecule has 2 aromatic carbocycles. The van der Waals surface area contributed by atoms with Crippen LogP contribution in [0.4, 0.5) is 24.5 Å². The van der Waals surface area contributed by atoms with Crippen LogP contribution in [-0.2, 0) is 14.8 Å². The Morgan fingerprint density at radius 1 is 1.12 bits per heavy atom. The summed E-state index contributed by atoms with van der Waals surface area (Å²) in [7, 11) is -4.52. The number of carbonyl (C=O) groups excluding carboxylic acids is 1. The van der Waals surface area contributed by atoms with E-state index in [0.29, 0.717) is 17.9 Å². The molecule has 1 atom stereocenters. The van der Waals surface area contributed by atoms with E-state index in [4.69, 9.17) is 4.74 Å². The minimum absolute atomic E-state index is 0.0265. The van der Waals surface area contributed by atoms with E-state index in [1.165, 1.54) is 18.2 Å². The highest BCUT2D eigenvalue weighted by molar-refractivity contribution is 7.92. The van der Waals surface area contributed by atoms with Gasteiger partial charge in [-0.3, -0.25) is 9.52 Å². The lowest BCUT2D eigenvalue weighted by molar-refractivity contribution is -0.122. The van der Waals surface area contributed by atoms with Gasteiger partial charge in [-0.15, -0.1) is 0 Å². The third-order valence-corrected chi connectivity index (χ3v) is 4.85. The van der Waals surface area contributed by atoms with Gasteiger partial charge in [0.15, 0.2) is 23.6 Å². The van der Waals surface area contributed by atoms with Crippen LogP contribution in [0.15, 0.2) is 35.2 Å². The van der Waals surface area contributed by atoms with E-state index in [9.17, 15) is 26.4 Å². The molecule has 0 spiro atoms. The van der Waals surface area contributed by atoms with Crippen molar-refractivity contribution in [1.29, 1.82) is 0 Å². The number of fused-ring (bicyclic) bond motifs is 1. The highest BCUT2D eigenvalue weighted by Gasteiger charge is 2.26. The Kier molecular flexibility index (Phi) is 4.07. The van der Waals surface area contributed by atoms with Gasteiger partial charge < -0.3 is 10.1 Å². The standard InChI is InChI=1S/C15H11F3N2O4S/c1-7-15(21)19-10-6-8(2-4-11(10)24-7)20-25(22,23)12-5-3-9(16)13(17)14(12)18/h2-7,20H,1H3,(H,19,21)/t7-/m1/s1. The topological polar surface area (TPSA) is 84.5 Å². The van der Waals surface area contributed by atoms with Crippen LogP contribution in [0.2, 0.25) is 0 Å². The van der Waals surface area contributed by atoms with E-state index >= 15 is 0 Å². The van der Waals surface area contributed by atoms with E-state index in [1.807, 2.05) is 4.72 Å². The zero-order chi connectivity index (χ0) is 18.4. The van der Waals surface area contributed by atoms with Crippen molar-refractivity contribution < 1.29 is 31.1 Å². The molecule has 0 aliphatic carbocycles. The van der Waals surface area contributed by atoms with Gasteiger partial charge in [0.25, 0.3) is 15.9 Å². The van der Waals surface area contributed by atoms with Crippen LogP contribution in [0.5, 0.6) is 5.75 Å². The van der Waals surface area contributed by atoms with Crippen LogP contribution < -0.4 is 14.8 Å². The second-order valence-electron chi connectivity index (χ2n) is 5.24. The molecular weight excluding hydrogens is 361 g/mol. The molecule has 10 heteroatoms. The summed E-state index contributed by atoms with van der Waals surface area (Å²) in [5, 5.41) is 2.52. The number of amides is 1. The second kappa shape index (κ2) is 5.96. The molecule has 2 aromatic rings. The van der Waals surface area contributed by atoms with Gasteiger partial charge in [-0.25, -0.2) is 21.6 Å². The third-order valence-electron chi connectivity index (χ3n) is 3.45. The van der Waals surface area contributed by atoms with Crippen LogP contribution in [0.25, 0.3) is 0 Å². The molecule has 6 nitrogen and oxygen atoms in total. The Morgan fingerprint density at radius 2 is 1.84 bits per heavy atom. The zero-order valence-corrected chi connectivity index (χ0v) is 13.5. The first kappa shape index (κ1) is 17.1. The molecule has 0 unspecified atom stereocenters. The predicted molar refractivity (Wildman–Crippen MR) is 82.3 cm³/mol. The fourth-order valence-corrected chi connectivity index (χ4v) is 3.32. The van der Waals surface area contributed by atoms with Crippen molar-refractivity contribution in [3.63, 3.8) is 0 Å².